The summed E-state index contributed by atoms with van der Waals surface area (Å²) in [7, 11) is -3.43. The molecule has 1 atom stereocenters. The fraction of sp³-hybridized carbons (Fsp3) is 0.889. The minimum Gasteiger partial charge on any atom is -0.519 e. The minimum atomic E-state index is -1.83. The zero-order valence-electron chi connectivity index (χ0n) is 10.6. The van der Waals surface area contributed by atoms with Gasteiger partial charge in [0, 0.05) is 0 Å². The molecular formula is C9H23NO3Si2. The van der Waals surface area contributed by atoms with E-state index in [-0.39, 0.29) is 12.6 Å². The molecule has 0 rings (SSSR count). The fourth-order valence-electron chi connectivity index (χ4n) is 0.785. The average molecular weight is 249 g/mol. The summed E-state index contributed by atoms with van der Waals surface area (Å²) in [5, 5.41) is 0. The number of carbonyl (C=O) groups excluding carboxylic acids is 1. The van der Waals surface area contributed by atoms with Crippen LogP contribution < -0.4 is 5.73 Å². The van der Waals surface area contributed by atoms with Crippen LogP contribution in [0.1, 0.15) is 0 Å². The summed E-state index contributed by atoms with van der Waals surface area (Å²) < 4.78 is 10.8. The molecule has 0 spiro atoms. The molecule has 0 radical (unpaired) electrons. The van der Waals surface area contributed by atoms with E-state index >= 15 is 0 Å². The largest absolute Gasteiger partial charge is 0.519 e. The molecule has 0 aromatic heterocycles. The SMILES string of the molecule is C[Si](C)(C)OC[C@@H](N)C(=O)O[Si](C)(C)C. The zero-order chi connectivity index (χ0) is 12.3. The van der Waals surface area contributed by atoms with Gasteiger partial charge in [0.15, 0.2) is 8.32 Å². The van der Waals surface area contributed by atoms with Crippen LogP contribution in [0.4, 0.5) is 0 Å². The van der Waals surface area contributed by atoms with Crippen molar-refractivity contribution in [2.45, 2.75) is 45.3 Å². The standard InChI is InChI=1S/C9H23NO3Si2/c1-14(2,3)12-7-8(10)9(11)13-15(4,5)6/h8H,7,10H2,1-6H3/t8-/m1/s1. The van der Waals surface area contributed by atoms with Gasteiger partial charge in [-0.3, -0.25) is 4.79 Å². The maximum Gasteiger partial charge on any atom is 0.311 e. The maximum atomic E-state index is 11.5. The van der Waals surface area contributed by atoms with E-state index in [0.29, 0.717) is 0 Å². The summed E-state index contributed by atoms with van der Waals surface area (Å²) in [6.07, 6.45) is 0. The van der Waals surface area contributed by atoms with Gasteiger partial charge in [-0.05, 0) is 39.3 Å². The Kier molecular flexibility index (Phi) is 5.18. The molecule has 0 aliphatic carbocycles. The molecule has 0 saturated carbocycles. The lowest BCUT2D eigenvalue weighted by Crippen LogP contribution is -2.44. The van der Waals surface area contributed by atoms with Crippen LogP contribution in [0, 0.1) is 0 Å². The van der Waals surface area contributed by atoms with E-state index in [1.807, 2.05) is 19.6 Å². The Morgan fingerprint density at radius 1 is 1.13 bits per heavy atom. The third-order valence-electron chi connectivity index (χ3n) is 1.41. The lowest BCUT2D eigenvalue weighted by molar-refractivity contribution is -0.137. The van der Waals surface area contributed by atoms with Crippen LogP contribution in [0.2, 0.25) is 39.3 Å². The third-order valence-corrected chi connectivity index (χ3v) is 3.25. The molecule has 0 unspecified atom stereocenters. The smallest absolute Gasteiger partial charge is 0.311 e. The lowest BCUT2D eigenvalue weighted by Gasteiger charge is -2.23. The number of nitrogens with two attached hydrogens (primary N) is 1. The van der Waals surface area contributed by atoms with E-state index in [2.05, 4.69) is 19.6 Å². The van der Waals surface area contributed by atoms with E-state index in [0.717, 1.165) is 0 Å². The van der Waals surface area contributed by atoms with Crippen molar-refractivity contribution in [3.05, 3.63) is 0 Å². The average Bonchev–Trinajstić information content (AvgIpc) is 1.95. The first-order valence-electron chi connectivity index (χ1n) is 5.14. The van der Waals surface area contributed by atoms with Crippen molar-refractivity contribution in [2.75, 3.05) is 6.61 Å². The Labute approximate surface area is 94.4 Å². The Bertz CT molecular complexity index is 220. The predicted octanol–water partition coefficient (Wildman–Crippen LogP) is 1.54. The second-order valence-electron chi connectivity index (χ2n) is 5.56. The van der Waals surface area contributed by atoms with E-state index in [4.69, 9.17) is 14.6 Å². The summed E-state index contributed by atoms with van der Waals surface area (Å²) in [5.74, 6) is -0.340. The summed E-state index contributed by atoms with van der Waals surface area (Å²) in [5.41, 5.74) is 5.68. The number of hydrogen-bond acceptors (Lipinski definition) is 4. The van der Waals surface area contributed by atoms with Gasteiger partial charge < -0.3 is 14.6 Å². The molecule has 6 heteroatoms. The minimum absolute atomic E-state index is 0.263. The predicted molar refractivity (Wildman–Crippen MR) is 66.7 cm³/mol. The molecule has 0 aliphatic rings. The highest BCUT2D eigenvalue weighted by atomic mass is 28.4. The topological polar surface area (TPSA) is 61.5 Å². The van der Waals surface area contributed by atoms with Crippen LogP contribution in [-0.4, -0.2) is 35.3 Å². The first-order valence-corrected chi connectivity index (χ1v) is 12.0. The monoisotopic (exact) mass is 249 g/mol. The molecule has 0 heterocycles. The summed E-state index contributed by atoms with van der Waals surface area (Å²) in [6.45, 7) is 12.3. The van der Waals surface area contributed by atoms with E-state index in [9.17, 15) is 4.79 Å². The molecule has 90 valence electrons. The molecule has 4 nitrogen and oxygen atoms in total. The molecule has 0 amide bonds. The Balaban J connectivity index is 4.01. The van der Waals surface area contributed by atoms with Crippen molar-refractivity contribution >= 4 is 22.6 Å². The van der Waals surface area contributed by atoms with Gasteiger partial charge in [-0.2, -0.15) is 0 Å². The Hall–Kier alpha value is -0.176. The zero-order valence-corrected chi connectivity index (χ0v) is 12.6. The van der Waals surface area contributed by atoms with Crippen molar-refractivity contribution < 1.29 is 13.6 Å². The summed E-state index contributed by atoms with van der Waals surface area (Å²) in [4.78, 5) is 11.5. The summed E-state index contributed by atoms with van der Waals surface area (Å²) >= 11 is 0. The van der Waals surface area contributed by atoms with Crippen molar-refractivity contribution in [3.8, 4) is 0 Å². The number of hydrogen-bond donors (Lipinski definition) is 1. The molecule has 0 fully saturated rings. The van der Waals surface area contributed by atoms with Gasteiger partial charge in [0.1, 0.15) is 6.04 Å². The molecule has 2 N–H and O–H groups in total. The van der Waals surface area contributed by atoms with Gasteiger partial charge in [-0.1, -0.05) is 0 Å². The second-order valence-corrected chi connectivity index (χ2v) is 14.5. The first kappa shape index (κ1) is 14.8. The highest BCUT2D eigenvalue weighted by molar-refractivity contribution is 6.71. The molecular weight excluding hydrogens is 226 g/mol. The van der Waals surface area contributed by atoms with Gasteiger partial charge in [0.2, 0.25) is 8.32 Å². The van der Waals surface area contributed by atoms with E-state index in [1.54, 1.807) is 0 Å². The van der Waals surface area contributed by atoms with Gasteiger partial charge in [-0.25, -0.2) is 0 Å². The molecule has 0 aromatic carbocycles. The van der Waals surface area contributed by atoms with Crippen molar-refractivity contribution in [1.82, 2.24) is 0 Å². The third kappa shape index (κ3) is 8.79. The lowest BCUT2D eigenvalue weighted by atomic mass is 10.3. The number of carbonyl (C=O) groups is 1. The van der Waals surface area contributed by atoms with Crippen molar-refractivity contribution in [2.24, 2.45) is 5.73 Å². The van der Waals surface area contributed by atoms with Gasteiger partial charge in [0.25, 0.3) is 0 Å². The Morgan fingerprint density at radius 2 is 1.60 bits per heavy atom. The Morgan fingerprint density at radius 3 is 1.93 bits per heavy atom. The van der Waals surface area contributed by atoms with Crippen LogP contribution in [0.25, 0.3) is 0 Å². The van der Waals surface area contributed by atoms with Crippen LogP contribution in [0.5, 0.6) is 0 Å². The molecule has 0 bridgehead atoms. The molecule has 0 aliphatic heterocycles. The quantitative estimate of drug-likeness (QED) is 0.751. The second kappa shape index (κ2) is 5.24. The van der Waals surface area contributed by atoms with Crippen LogP contribution >= 0.6 is 0 Å². The molecule has 0 aromatic rings. The highest BCUT2D eigenvalue weighted by Gasteiger charge is 2.25. The van der Waals surface area contributed by atoms with E-state index < -0.39 is 22.7 Å². The maximum absolute atomic E-state index is 11.5. The first-order chi connectivity index (χ1) is 6.51. The summed E-state index contributed by atoms with van der Waals surface area (Å²) in [6, 6.07) is -0.650. The molecule has 15 heavy (non-hydrogen) atoms. The van der Waals surface area contributed by atoms with Crippen LogP contribution in [0.3, 0.4) is 0 Å². The van der Waals surface area contributed by atoms with Gasteiger partial charge in [-0.15, -0.1) is 0 Å². The van der Waals surface area contributed by atoms with Crippen LogP contribution in [0.15, 0.2) is 0 Å². The van der Waals surface area contributed by atoms with Crippen molar-refractivity contribution in [1.29, 1.82) is 0 Å². The number of rotatable bonds is 5. The molecule has 0 saturated heterocycles. The van der Waals surface area contributed by atoms with Crippen molar-refractivity contribution in [3.63, 3.8) is 0 Å². The normalized spacial score (nSPS) is 14.9. The van der Waals surface area contributed by atoms with Crippen LogP contribution in [-0.2, 0) is 13.6 Å². The van der Waals surface area contributed by atoms with Gasteiger partial charge >= 0.3 is 5.97 Å². The fourth-order valence-corrected chi connectivity index (χ4v) is 2.22. The van der Waals surface area contributed by atoms with Gasteiger partial charge in [0.05, 0.1) is 6.61 Å². The highest BCUT2D eigenvalue weighted by Crippen LogP contribution is 2.06. The van der Waals surface area contributed by atoms with E-state index in [1.165, 1.54) is 0 Å².